The predicted molar refractivity (Wildman–Crippen MR) is 100 cm³/mol. The quantitative estimate of drug-likeness (QED) is 0.687. The van der Waals surface area contributed by atoms with E-state index in [1.807, 2.05) is 26.0 Å². The second kappa shape index (κ2) is 7.39. The van der Waals surface area contributed by atoms with Gasteiger partial charge in [0, 0.05) is 17.4 Å². The van der Waals surface area contributed by atoms with E-state index in [0.29, 0.717) is 47.1 Å². The van der Waals surface area contributed by atoms with Crippen molar-refractivity contribution in [2.45, 2.75) is 27.2 Å². The maximum atomic E-state index is 12.9. The van der Waals surface area contributed by atoms with Gasteiger partial charge in [-0.15, -0.1) is 0 Å². The van der Waals surface area contributed by atoms with Gasteiger partial charge in [-0.05, 0) is 56.7 Å². The van der Waals surface area contributed by atoms with Crippen molar-refractivity contribution in [1.82, 2.24) is 9.38 Å². The lowest BCUT2D eigenvalue weighted by molar-refractivity contribution is 0.101. The number of hydrogen-bond acceptors (Lipinski definition) is 4. The first kappa shape index (κ1) is 17.7. The number of benzene rings is 1. The Hall–Kier alpha value is -3.15. The van der Waals surface area contributed by atoms with Gasteiger partial charge in [-0.1, -0.05) is 6.92 Å². The molecule has 0 unspecified atom stereocenters. The summed E-state index contributed by atoms with van der Waals surface area (Å²) in [7, 11) is 0. The lowest BCUT2D eigenvalue weighted by atomic mass is 10.1. The van der Waals surface area contributed by atoms with Gasteiger partial charge < -0.3 is 10.1 Å². The molecule has 0 radical (unpaired) electrons. The van der Waals surface area contributed by atoms with Crippen LogP contribution in [0.1, 0.15) is 47.3 Å². The maximum absolute atomic E-state index is 12.9. The lowest BCUT2D eigenvalue weighted by Gasteiger charge is -2.08. The number of ether oxygens (including phenoxy) is 1. The average molecular weight is 351 g/mol. The zero-order valence-corrected chi connectivity index (χ0v) is 15.1. The van der Waals surface area contributed by atoms with E-state index in [1.54, 1.807) is 34.9 Å². The van der Waals surface area contributed by atoms with Crippen LogP contribution in [0.2, 0.25) is 0 Å². The van der Waals surface area contributed by atoms with Crippen molar-refractivity contribution in [3.63, 3.8) is 0 Å². The first-order chi connectivity index (χ1) is 12.5. The van der Waals surface area contributed by atoms with E-state index in [1.165, 1.54) is 6.92 Å². The summed E-state index contributed by atoms with van der Waals surface area (Å²) in [5.74, 6) is 0.384. The highest BCUT2D eigenvalue weighted by Crippen LogP contribution is 2.23. The Balaban J connectivity index is 1.97. The maximum Gasteiger partial charge on any atom is 0.274 e. The van der Waals surface area contributed by atoms with Crippen LogP contribution in [0.15, 0.2) is 42.6 Å². The van der Waals surface area contributed by atoms with E-state index in [9.17, 15) is 9.59 Å². The Kier molecular flexibility index (Phi) is 5.02. The van der Waals surface area contributed by atoms with Crippen molar-refractivity contribution < 1.29 is 14.3 Å². The fourth-order valence-electron chi connectivity index (χ4n) is 2.82. The molecule has 0 aliphatic carbocycles. The van der Waals surface area contributed by atoms with Crippen molar-refractivity contribution in [2.75, 3.05) is 11.9 Å². The largest absolute Gasteiger partial charge is 0.490 e. The van der Waals surface area contributed by atoms with E-state index in [2.05, 4.69) is 10.3 Å². The van der Waals surface area contributed by atoms with Gasteiger partial charge in [0.05, 0.1) is 12.3 Å². The number of aryl methyl sites for hydroxylation is 1. The second-order valence-electron chi connectivity index (χ2n) is 5.85. The Bertz CT molecular complexity index is 958. The van der Waals surface area contributed by atoms with E-state index in [4.69, 9.17) is 4.74 Å². The minimum Gasteiger partial charge on any atom is -0.490 e. The molecule has 0 fully saturated rings. The molecule has 6 heteroatoms. The number of aromatic nitrogens is 2. The van der Waals surface area contributed by atoms with Crippen LogP contribution in [0, 0.1) is 0 Å². The molecule has 0 aliphatic heterocycles. The Labute approximate surface area is 151 Å². The summed E-state index contributed by atoms with van der Waals surface area (Å²) in [5, 5.41) is 2.88. The molecule has 2 heterocycles. The number of fused-ring (bicyclic) bond motifs is 1. The van der Waals surface area contributed by atoms with E-state index >= 15 is 0 Å². The summed E-state index contributed by atoms with van der Waals surface area (Å²) in [6.07, 6.45) is 2.43. The van der Waals surface area contributed by atoms with Crippen LogP contribution in [-0.4, -0.2) is 27.7 Å². The summed E-state index contributed by atoms with van der Waals surface area (Å²) in [5.41, 5.74) is 3.05. The Morgan fingerprint density at radius 3 is 2.50 bits per heavy atom. The number of pyridine rings is 1. The minimum absolute atomic E-state index is 0.0126. The number of nitrogens with zero attached hydrogens (tertiary/aromatic N) is 2. The van der Waals surface area contributed by atoms with Gasteiger partial charge in [0.25, 0.3) is 5.91 Å². The van der Waals surface area contributed by atoms with Crippen LogP contribution in [0.4, 0.5) is 5.69 Å². The third-order valence-corrected chi connectivity index (χ3v) is 4.09. The number of Topliss-reactive ketones (excluding diaryl/α,β-unsaturated/α-hetero) is 1. The minimum atomic E-state index is -0.251. The monoisotopic (exact) mass is 351 g/mol. The molecular weight excluding hydrogens is 330 g/mol. The summed E-state index contributed by atoms with van der Waals surface area (Å²) in [6.45, 7) is 5.90. The highest BCUT2D eigenvalue weighted by atomic mass is 16.5. The fraction of sp³-hybridized carbons (Fsp3) is 0.250. The van der Waals surface area contributed by atoms with Crippen molar-refractivity contribution in [3.8, 4) is 5.75 Å². The van der Waals surface area contributed by atoms with Gasteiger partial charge in [0.2, 0.25) is 0 Å². The number of nitrogens with one attached hydrogen (secondary N) is 1. The number of hydrogen-bond donors (Lipinski definition) is 1. The van der Waals surface area contributed by atoms with E-state index in [0.717, 1.165) is 0 Å². The summed E-state index contributed by atoms with van der Waals surface area (Å²) >= 11 is 0. The van der Waals surface area contributed by atoms with Crippen LogP contribution < -0.4 is 10.1 Å². The standard InChI is InChI=1S/C20H21N3O3/c1-4-16-18(23-12-6-7-17(26-5-2)19(23)22-16)20(25)21-15-10-8-14(9-11-15)13(3)24/h6-12H,4-5H2,1-3H3,(H,21,25). The number of ketones is 1. The highest BCUT2D eigenvalue weighted by Gasteiger charge is 2.20. The molecule has 0 saturated carbocycles. The number of rotatable bonds is 6. The van der Waals surface area contributed by atoms with Gasteiger partial charge in [0.15, 0.2) is 17.2 Å². The van der Waals surface area contributed by atoms with Crippen molar-refractivity contribution in [1.29, 1.82) is 0 Å². The summed E-state index contributed by atoms with van der Waals surface area (Å²) < 4.78 is 7.37. The van der Waals surface area contributed by atoms with Crippen LogP contribution in [0.5, 0.6) is 5.75 Å². The molecule has 0 saturated heterocycles. The molecule has 1 amide bonds. The van der Waals surface area contributed by atoms with Crippen LogP contribution in [0.3, 0.4) is 0 Å². The van der Waals surface area contributed by atoms with Crippen molar-refractivity contribution in [2.24, 2.45) is 0 Å². The predicted octanol–water partition coefficient (Wildman–Crippen LogP) is 3.75. The number of anilines is 1. The number of carbonyl (C=O) groups excluding carboxylic acids is 2. The third kappa shape index (κ3) is 3.31. The van der Waals surface area contributed by atoms with E-state index in [-0.39, 0.29) is 11.7 Å². The van der Waals surface area contributed by atoms with Gasteiger partial charge in [-0.25, -0.2) is 4.98 Å². The first-order valence-corrected chi connectivity index (χ1v) is 8.60. The topological polar surface area (TPSA) is 72.7 Å². The average Bonchev–Trinajstić information content (AvgIpc) is 3.02. The molecule has 2 aromatic heterocycles. The zero-order valence-electron chi connectivity index (χ0n) is 15.1. The SMILES string of the molecule is CCOc1cccn2c(C(=O)Nc3ccc(C(C)=O)cc3)c(CC)nc12. The molecule has 1 N–H and O–H groups in total. The smallest absolute Gasteiger partial charge is 0.274 e. The number of amides is 1. The Morgan fingerprint density at radius 1 is 1.15 bits per heavy atom. The van der Waals surface area contributed by atoms with Gasteiger partial charge >= 0.3 is 0 Å². The third-order valence-electron chi connectivity index (χ3n) is 4.09. The normalized spacial score (nSPS) is 10.7. The van der Waals surface area contributed by atoms with Crippen LogP contribution in [-0.2, 0) is 6.42 Å². The number of imidazole rings is 1. The Morgan fingerprint density at radius 2 is 1.88 bits per heavy atom. The van der Waals surface area contributed by atoms with Crippen LogP contribution in [0.25, 0.3) is 5.65 Å². The fourth-order valence-corrected chi connectivity index (χ4v) is 2.82. The molecule has 1 aromatic carbocycles. The van der Waals surface area contributed by atoms with Gasteiger partial charge in [-0.2, -0.15) is 0 Å². The molecule has 0 spiro atoms. The zero-order chi connectivity index (χ0) is 18.7. The molecule has 0 atom stereocenters. The van der Waals surface area contributed by atoms with Crippen molar-refractivity contribution >= 4 is 23.0 Å². The lowest BCUT2D eigenvalue weighted by Crippen LogP contribution is -2.16. The summed E-state index contributed by atoms with van der Waals surface area (Å²) in [4.78, 5) is 28.8. The molecular formula is C20H21N3O3. The molecule has 3 rings (SSSR count). The molecule has 0 bridgehead atoms. The van der Waals surface area contributed by atoms with Crippen LogP contribution >= 0.6 is 0 Å². The first-order valence-electron chi connectivity index (χ1n) is 8.60. The molecule has 0 aliphatic rings. The number of carbonyl (C=O) groups is 2. The molecule has 3 aromatic rings. The molecule has 134 valence electrons. The highest BCUT2D eigenvalue weighted by molar-refractivity contribution is 6.05. The molecule has 6 nitrogen and oxygen atoms in total. The van der Waals surface area contributed by atoms with E-state index < -0.39 is 0 Å². The van der Waals surface area contributed by atoms with Gasteiger partial charge in [-0.3, -0.25) is 14.0 Å². The van der Waals surface area contributed by atoms with Gasteiger partial charge in [0.1, 0.15) is 5.69 Å². The van der Waals surface area contributed by atoms with Crippen molar-refractivity contribution in [3.05, 3.63) is 59.5 Å². The summed E-state index contributed by atoms with van der Waals surface area (Å²) in [6, 6.07) is 10.5. The second-order valence-corrected chi connectivity index (χ2v) is 5.85. The molecule has 26 heavy (non-hydrogen) atoms.